The first-order valence-electron chi connectivity index (χ1n) is 9.78. The highest BCUT2D eigenvalue weighted by atomic mass is 16.5. The van der Waals surface area contributed by atoms with Crippen LogP contribution in [0.2, 0.25) is 0 Å². The number of fused-ring (bicyclic) bond motifs is 1. The van der Waals surface area contributed by atoms with Gasteiger partial charge in [-0.25, -0.2) is 4.98 Å². The van der Waals surface area contributed by atoms with Gasteiger partial charge in [0.1, 0.15) is 11.6 Å². The number of aromatic amines is 1. The zero-order chi connectivity index (χ0) is 20.1. The number of imidazole rings is 1. The number of nitrogens with zero attached hydrogens (tertiary/aromatic N) is 1. The van der Waals surface area contributed by atoms with Crippen LogP contribution in [0.15, 0.2) is 72.8 Å². The van der Waals surface area contributed by atoms with E-state index >= 15 is 0 Å². The van der Waals surface area contributed by atoms with Crippen LogP contribution in [-0.2, 0) is 12.8 Å². The third kappa shape index (κ3) is 4.46. The lowest BCUT2D eigenvalue weighted by Gasteiger charge is -2.11. The molecule has 0 fully saturated rings. The van der Waals surface area contributed by atoms with E-state index in [0.717, 1.165) is 46.7 Å². The highest BCUT2D eigenvalue weighted by Crippen LogP contribution is 2.20. The fraction of sp³-hybridized carbons (Fsp3) is 0.167. The predicted octanol–water partition coefficient (Wildman–Crippen LogP) is 5.00. The Bertz CT molecular complexity index is 1080. The summed E-state index contributed by atoms with van der Waals surface area (Å²) in [6, 6.07) is 23.1. The molecular weight excluding hydrogens is 362 g/mol. The SMILES string of the molecule is CCOc1ccc(C(=O)Nc2ccccc2CCc2nc3ccccc3[nH]2)cc1. The number of anilines is 1. The Morgan fingerprint density at radius 2 is 1.72 bits per heavy atom. The second-order valence-electron chi connectivity index (χ2n) is 6.77. The first-order chi connectivity index (χ1) is 14.2. The van der Waals surface area contributed by atoms with Gasteiger partial charge in [0.25, 0.3) is 5.91 Å². The zero-order valence-corrected chi connectivity index (χ0v) is 16.3. The molecule has 0 saturated heterocycles. The van der Waals surface area contributed by atoms with Crippen molar-refractivity contribution >= 4 is 22.6 Å². The van der Waals surface area contributed by atoms with E-state index in [0.29, 0.717) is 12.2 Å². The Morgan fingerprint density at radius 3 is 2.52 bits per heavy atom. The van der Waals surface area contributed by atoms with Gasteiger partial charge in [-0.3, -0.25) is 4.79 Å². The fourth-order valence-electron chi connectivity index (χ4n) is 3.30. The third-order valence-electron chi connectivity index (χ3n) is 4.76. The summed E-state index contributed by atoms with van der Waals surface area (Å²) >= 11 is 0. The van der Waals surface area contributed by atoms with E-state index in [2.05, 4.69) is 15.3 Å². The average Bonchev–Trinajstić information content (AvgIpc) is 3.17. The average molecular weight is 385 g/mol. The predicted molar refractivity (Wildman–Crippen MR) is 116 cm³/mol. The molecule has 1 heterocycles. The Morgan fingerprint density at radius 1 is 0.966 bits per heavy atom. The highest BCUT2D eigenvalue weighted by molar-refractivity contribution is 6.04. The number of aryl methyl sites for hydroxylation is 2. The first kappa shape index (κ1) is 18.7. The van der Waals surface area contributed by atoms with Gasteiger partial charge in [-0.05, 0) is 61.4 Å². The summed E-state index contributed by atoms with van der Waals surface area (Å²) in [5.74, 6) is 1.57. The lowest BCUT2D eigenvalue weighted by Crippen LogP contribution is -2.13. The van der Waals surface area contributed by atoms with Crippen LogP contribution in [0.5, 0.6) is 5.75 Å². The molecule has 0 aliphatic heterocycles. The molecule has 146 valence electrons. The number of amides is 1. The minimum Gasteiger partial charge on any atom is -0.494 e. The van der Waals surface area contributed by atoms with Gasteiger partial charge < -0.3 is 15.0 Å². The third-order valence-corrected chi connectivity index (χ3v) is 4.76. The number of rotatable bonds is 7. The van der Waals surface area contributed by atoms with Crippen molar-refractivity contribution in [2.45, 2.75) is 19.8 Å². The maximum absolute atomic E-state index is 12.7. The summed E-state index contributed by atoms with van der Waals surface area (Å²) < 4.78 is 5.43. The fourth-order valence-corrected chi connectivity index (χ4v) is 3.30. The van der Waals surface area contributed by atoms with E-state index in [4.69, 9.17) is 4.74 Å². The summed E-state index contributed by atoms with van der Waals surface area (Å²) in [4.78, 5) is 20.6. The van der Waals surface area contributed by atoms with Crippen molar-refractivity contribution in [3.8, 4) is 5.75 Å². The van der Waals surface area contributed by atoms with Crippen LogP contribution in [0.4, 0.5) is 5.69 Å². The van der Waals surface area contributed by atoms with Crippen LogP contribution in [0.25, 0.3) is 11.0 Å². The Labute approximate surface area is 169 Å². The smallest absolute Gasteiger partial charge is 0.255 e. The molecular formula is C24H23N3O2. The van der Waals surface area contributed by atoms with Crippen molar-refractivity contribution in [1.82, 2.24) is 9.97 Å². The van der Waals surface area contributed by atoms with E-state index < -0.39 is 0 Å². The molecule has 0 unspecified atom stereocenters. The van der Waals surface area contributed by atoms with Crippen molar-refractivity contribution in [2.75, 3.05) is 11.9 Å². The maximum Gasteiger partial charge on any atom is 0.255 e. The molecule has 0 saturated carbocycles. The minimum atomic E-state index is -0.135. The summed E-state index contributed by atoms with van der Waals surface area (Å²) in [5.41, 5.74) is 4.51. The largest absolute Gasteiger partial charge is 0.494 e. The van der Waals surface area contributed by atoms with Crippen LogP contribution >= 0.6 is 0 Å². The molecule has 0 spiro atoms. The zero-order valence-electron chi connectivity index (χ0n) is 16.3. The van der Waals surface area contributed by atoms with Gasteiger partial charge in [-0.2, -0.15) is 0 Å². The number of nitrogens with one attached hydrogen (secondary N) is 2. The van der Waals surface area contributed by atoms with Crippen LogP contribution < -0.4 is 10.1 Å². The van der Waals surface area contributed by atoms with Gasteiger partial charge >= 0.3 is 0 Å². The van der Waals surface area contributed by atoms with Gasteiger partial charge in [0, 0.05) is 17.7 Å². The topological polar surface area (TPSA) is 67.0 Å². The van der Waals surface area contributed by atoms with Crippen LogP contribution in [0.1, 0.15) is 28.7 Å². The molecule has 4 rings (SSSR count). The number of benzene rings is 3. The number of carbonyl (C=O) groups is 1. The number of hydrogen-bond donors (Lipinski definition) is 2. The Balaban J connectivity index is 1.45. The van der Waals surface area contributed by atoms with Crippen LogP contribution in [-0.4, -0.2) is 22.5 Å². The number of aromatic nitrogens is 2. The maximum atomic E-state index is 12.7. The summed E-state index contributed by atoms with van der Waals surface area (Å²) in [5, 5.41) is 3.03. The molecule has 1 aromatic heterocycles. The molecule has 1 amide bonds. The molecule has 0 aliphatic rings. The van der Waals surface area contributed by atoms with Gasteiger partial charge in [0.15, 0.2) is 0 Å². The van der Waals surface area contributed by atoms with E-state index in [1.54, 1.807) is 12.1 Å². The summed E-state index contributed by atoms with van der Waals surface area (Å²) in [6.07, 6.45) is 1.55. The Kier molecular flexibility index (Phi) is 5.56. The van der Waals surface area contributed by atoms with Gasteiger partial charge in [-0.1, -0.05) is 30.3 Å². The second-order valence-corrected chi connectivity index (χ2v) is 6.77. The number of H-pyrrole nitrogens is 1. The molecule has 0 atom stereocenters. The monoisotopic (exact) mass is 385 g/mol. The van der Waals surface area contributed by atoms with Gasteiger partial charge in [0.05, 0.1) is 17.6 Å². The first-order valence-corrected chi connectivity index (χ1v) is 9.78. The van der Waals surface area contributed by atoms with Crippen molar-refractivity contribution < 1.29 is 9.53 Å². The number of ether oxygens (including phenoxy) is 1. The molecule has 0 aliphatic carbocycles. The quantitative estimate of drug-likeness (QED) is 0.470. The van der Waals surface area contributed by atoms with Crippen LogP contribution in [0, 0.1) is 0 Å². The van der Waals surface area contributed by atoms with Gasteiger partial charge in [0.2, 0.25) is 0 Å². The second kappa shape index (κ2) is 8.61. The minimum absolute atomic E-state index is 0.135. The molecule has 5 heteroatoms. The van der Waals surface area contributed by atoms with Crippen LogP contribution in [0.3, 0.4) is 0 Å². The molecule has 29 heavy (non-hydrogen) atoms. The number of para-hydroxylation sites is 3. The normalized spacial score (nSPS) is 10.8. The molecule has 0 bridgehead atoms. The summed E-state index contributed by atoms with van der Waals surface area (Å²) in [6.45, 7) is 2.53. The Hall–Kier alpha value is -3.60. The molecule has 3 aromatic carbocycles. The molecule has 0 radical (unpaired) electrons. The van der Waals surface area contributed by atoms with Crippen molar-refractivity contribution in [3.63, 3.8) is 0 Å². The van der Waals surface area contributed by atoms with E-state index in [-0.39, 0.29) is 5.91 Å². The van der Waals surface area contributed by atoms with E-state index in [9.17, 15) is 4.79 Å². The van der Waals surface area contributed by atoms with Crippen molar-refractivity contribution in [3.05, 3.63) is 89.7 Å². The van der Waals surface area contributed by atoms with Crippen molar-refractivity contribution in [2.24, 2.45) is 0 Å². The molecule has 4 aromatic rings. The highest BCUT2D eigenvalue weighted by Gasteiger charge is 2.10. The molecule has 2 N–H and O–H groups in total. The van der Waals surface area contributed by atoms with E-state index in [1.807, 2.05) is 67.6 Å². The number of carbonyl (C=O) groups excluding carboxylic acids is 1. The van der Waals surface area contributed by atoms with E-state index in [1.165, 1.54) is 0 Å². The van der Waals surface area contributed by atoms with Crippen molar-refractivity contribution in [1.29, 1.82) is 0 Å². The lowest BCUT2D eigenvalue weighted by atomic mass is 10.1. The summed E-state index contributed by atoms with van der Waals surface area (Å²) in [7, 11) is 0. The lowest BCUT2D eigenvalue weighted by molar-refractivity contribution is 0.102. The molecule has 5 nitrogen and oxygen atoms in total. The number of hydrogen-bond acceptors (Lipinski definition) is 3. The standard InChI is InChI=1S/C24H23N3O2/c1-2-29-19-14-11-18(12-15-19)24(28)27-20-8-4-3-7-17(20)13-16-23-25-21-9-5-6-10-22(21)26-23/h3-12,14-15H,2,13,16H2,1H3,(H,25,26)(H,27,28). The van der Waals surface area contributed by atoms with Gasteiger partial charge in [-0.15, -0.1) is 0 Å².